The van der Waals surface area contributed by atoms with Crippen molar-refractivity contribution >= 4 is 0 Å². The Hall–Kier alpha value is -1.79. The third-order valence-electron chi connectivity index (χ3n) is 3.83. The fourth-order valence-corrected chi connectivity index (χ4v) is 2.59. The molecule has 1 aromatic carbocycles. The lowest BCUT2D eigenvalue weighted by Gasteiger charge is -2.16. The molecule has 114 valence electrons. The Labute approximate surface area is 122 Å². The molecule has 0 aliphatic carbocycles. The smallest absolute Gasteiger partial charge is 0.126 e. The summed E-state index contributed by atoms with van der Waals surface area (Å²) in [6.07, 6.45) is 1.37. The Morgan fingerprint density at radius 3 is 2.33 bits per heavy atom. The first-order valence-electron chi connectivity index (χ1n) is 6.83. The quantitative estimate of drug-likeness (QED) is 0.658. The van der Waals surface area contributed by atoms with E-state index in [1.165, 1.54) is 12.1 Å². The first-order valence-corrected chi connectivity index (χ1v) is 6.83. The average Bonchev–Trinajstić information content (AvgIpc) is 2.64. The number of nitrogens with zero attached hydrogens (tertiary/aromatic N) is 2. The molecule has 0 amide bonds. The van der Waals surface area contributed by atoms with Crippen LogP contribution in [-0.4, -0.2) is 9.78 Å². The summed E-state index contributed by atoms with van der Waals surface area (Å²) < 4.78 is 28.4. The number of hydrogen-bond acceptors (Lipinski definition) is 3. The molecule has 1 unspecified atom stereocenters. The second kappa shape index (κ2) is 6.32. The Morgan fingerprint density at radius 1 is 1.24 bits per heavy atom. The van der Waals surface area contributed by atoms with Gasteiger partial charge in [0.2, 0.25) is 0 Å². The topological polar surface area (TPSA) is 55.9 Å². The second-order valence-corrected chi connectivity index (χ2v) is 5.23. The van der Waals surface area contributed by atoms with Gasteiger partial charge >= 0.3 is 0 Å². The van der Waals surface area contributed by atoms with Gasteiger partial charge < -0.3 is 0 Å². The first-order chi connectivity index (χ1) is 9.92. The van der Waals surface area contributed by atoms with Crippen molar-refractivity contribution in [3.05, 3.63) is 52.3 Å². The number of benzene rings is 1. The molecule has 4 nitrogen and oxygen atoms in total. The van der Waals surface area contributed by atoms with Crippen molar-refractivity contribution in [1.29, 1.82) is 0 Å². The van der Waals surface area contributed by atoms with Gasteiger partial charge in [-0.25, -0.2) is 8.78 Å². The third-order valence-corrected chi connectivity index (χ3v) is 3.83. The van der Waals surface area contributed by atoms with Crippen LogP contribution < -0.4 is 11.3 Å². The Morgan fingerprint density at radius 2 is 1.86 bits per heavy atom. The molecule has 0 radical (unpaired) electrons. The molecule has 2 aromatic rings. The molecule has 0 fully saturated rings. The van der Waals surface area contributed by atoms with E-state index in [4.69, 9.17) is 5.84 Å². The monoisotopic (exact) mass is 294 g/mol. The molecular weight excluding hydrogens is 274 g/mol. The number of hydrazine groups is 1. The number of aromatic nitrogens is 2. The highest BCUT2D eigenvalue weighted by molar-refractivity contribution is 5.26. The summed E-state index contributed by atoms with van der Waals surface area (Å²) >= 11 is 0. The Kier molecular flexibility index (Phi) is 4.69. The van der Waals surface area contributed by atoms with Crippen LogP contribution in [0.1, 0.15) is 35.0 Å². The van der Waals surface area contributed by atoms with E-state index >= 15 is 0 Å². The molecule has 3 N–H and O–H groups in total. The summed E-state index contributed by atoms with van der Waals surface area (Å²) in [6, 6.07) is 3.15. The fraction of sp³-hybridized carbons (Fsp3) is 0.400. The van der Waals surface area contributed by atoms with E-state index in [0.717, 1.165) is 29.4 Å². The largest absolute Gasteiger partial charge is 0.272 e. The normalized spacial score (nSPS) is 12.7. The zero-order chi connectivity index (χ0) is 15.6. The van der Waals surface area contributed by atoms with Crippen LogP contribution in [0.15, 0.2) is 18.2 Å². The molecule has 0 bridgehead atoms. The van der Waals surface area contributed by atoms with Gasteiger partial charge in [-0.1, -0.05) is 0 Å². The molecule has 0 saturated carbocycles. The van der Waals surface area contributed by atoms with Crippen LogP contribution in [0, 0.1) is 25.5 Å². The predicted octanol–water partition coefficient (Wildman–Crippen LogP) is 2.45. The SMILES string of the molecule is Cc1nn(C)c(C)c1CCC(NN)c1cc(F)cc(F)c1. The van der Waals surface area contributed by atoms with E-state index in [2.05, 4.69) is 10.5 Å². The summed E-state index contributed by atoms with van der Waals surface area (Å²) in [5.41, 5.74) is 6.34. The highest BCUT2D eigenvalue weighted by Crippen LogP contribution is 2.23. The second-order valence-electron chi connectivity index (χ2n) is 5.23. The van der Waals surface area contributed by atoms with Crippen LogP contribution in [0.3, 0.4) is 0 Å². The van der Waals surface area contributed by atoms with Crippen LogP contribution in [0.25, 0.3) is 0 Å². The number of aryl methyl sites for hydroxylation is 2. The van der Waals surface area contributed by atoms with Gasteiger partial charge in [-0.15, -0.1) is 0 Å². The molecule has 1 aromatic heterocycles. The van der Waals surface area contributed by atoms with Gasteiger partial charge in [0.25, 0.3) is 0 Å². The van der Waals surface area contributed by atoms with Gasteiger partial charge in [0.1, 0.15) is 11.6 Å². The van der Waals surface area contributed by atoms with Crippen LogP contribution in [0.2, 0.25) is 0 Å². The highest BCUT2D eigenvalue weighted by atomic mass is 19.1. The van der Waals surface area contributed by atoms with Crippen LogP contribution in [-0.2, 0) is 13.5 Å². The molecule has 6 heteroatoms. The standard InChI is InChI=1S/C15H20F2N4/c1-9-14(10(2)21(3)20-9)4-5-15(19-18)11-6-12(16)8-13(17)7-11/h6-8,15,19H,4-5,18H2,1-3H3. The lowest BCUT2D eigenvalue weighted by Crippen LogP contribution is -2.28. The first kappa shape index (κ1) is 15.6. The van der Waals surface area contributed by atoms with Crippen molar-refractivity contribution in [3.8, 4) is 0 Å². The van der Waals surface area contributed by atoms with Crippen molar-refractivity contribution in [2.24, 2.45) is 12.9 Å². The maximum atomic E-state index is 13.3. The van der Waals surface area contributed by atoms with Crippen molar-refractivity contribution < 1.29 is 8.78 Å². The molecule has 0 aliphatic rings. The maximum Gasteiger partial charge on any atom is 0.126 e. The van der Waals surface area contributed by atoms with Crippen molar-refractivity contribution in [2.75, 3.05) is 0 Å². The summed E-state index contributed by atoms with van der Waals surface area (Å²) in [4.78, 5) is 0. The molecular formula is C15H20F2N4. The molecule has 21 heavy (non-hydrogen) atoms. The van der Waals surface area contributed by atoms with Crippen molar-refractivity contribution in [3.63, 3.8) is 0 Å². The minimum Gasteiger partial charge on any atom is -0.272 e. The Bertz CT molecular complexity index is 617. The average molecular weight is 294 g/mol. The van der Waals surface area contributed by atoms with Gasteiger partial charge in [-0.05, 0) is 49.9 Å². The molecule has 0 saturated heterocycles. The summed E-state index contributed by atoms with van der Waals surface area (Å²) in [5, 5.41) is 4.36. The van der Waals surface area contributed by atoms with E-state index in [-0.39, 0.29) is 6.04 Å². The molecule has 1 heterocycles. The molecule has 1 atom stereocenters. The maximum absolute atomic E-state index is 13.3. The summed E-state index contributed by atoms with van der Waals surface area (Å²) in [5.74, 6) is 4.34. The van der Waals surface area contributed by atoms with Gasteiger partial charge in [-0.2, -0.15) is 5.10 Å². The third kappa shape index (κ3) is 3.46. The van der Waals surface area contributed by atoms with E-state index < -0.39 is 11.6 Å². The Balaban J connectivity index is 2.16. The number of rotatable bonds is 5. The van der Waals surface area contributed by atoms with E-state index in [9.17, 15) is 8.78 Å². The number of nitrogens with one attached hydrogen (secondary N) is 1. The van der Waals surface area contributed by atoms with E-state index in [1.807, 2.05) is 25.6 Å². The van der Waals surface area contributed by atoms with Gasteiger partial charge in [-0.3, -0.25) is 16.0 Å². The predicted molar refractivity (Wildman–Crippen MR) is 77.4 cm³/mol. The molecule has 2 rings (SSSR count). The zero-order valence-electron chi connectivity index (χ0n) is 12.5. The summed E-state index contributed by atoms with van der Waals surface area (Å²) in [6.45, 7) is 3.96. The van der Waals surface area contributed by atoms with Crippen LogP contribution >= 0.6 is 0 Å². The van der Waals surface area contributed by atoms with E-state index in [0.29, 0.717) is 12.0 Å². The highest BCUT2D eigenvalue weighted by Gasteiger charge is 2.15. The van der Waals surface area contributed by atoms with E-state index in [1.54, 1.807) is 0 Å². The summed E-state index contributed by atoms with van der Waals surface area (Å²) in [7, 11) is 1.90. The van der Waals surface area contributed by atoms with Gasteiger partial charge in [0.15, 0.2) is 0 Å². The van der Waals surface area contributed by atoms with Crippen molar-refractivity contribution in [1.82, 2.24) is 15.2 Å². The number of nitrogens with two attached hydrogens (primary N) is 1. The number of halogens is 2. The number of hydrogen-bond donors (Lipinski definition) is 2. The minimum absolute atomic E-state index is 0.311. The van der Waals surface area contributed by atoms with Crippen LogP contribution in [0.5, 0.6) is 0 Å². The lowest BCUT2D eigenvalue weighted by molar-refractivity contribution is 0.503. The van der Waals surface area contributed by atoms with Crippen molar-refractivity contribution in [2.45, 2.75) is 32.7 Å². The van der Waals surface area contributed by atoms with Crippen LogP contribution in [0.4, 0.5) is 8.78 Å². The molecule has 0 spiro atoms. The lowest BCUT2D eigenvalue weighted by atomic mass is 9.98. The zero-order valence-corrected chi connectivity index (χ0v) is 12.5. The fourth-order valence-electron chi connectivity index (χ4n) is 2.59. The van der Waals surface area contributed by atoms with Gasteiger partial charge in [0.05, 0.1) is 5.69 Å². The molecule has 0 aliphatic heterocycles. The van der Waals surface area contributed by atoms with Gasteiger partial charge in [0, 0.05) is 24.8 Å². The minimum atomic E-state index is -0.598.